The van der Waals surface area contributed by atoms with E-state index in [9.17, 15) is 0 Å². The first-order valence-corrected chi connectivity index (χ1v) is 9.70. The Morgan fingerprint density at radius 3 is 2.80 bits per heavy atom. The number of hydrogen-bond acceptors (Lipinski definition) is 5. The van der Waals surface area contributed by atoms with Crippen molar-refractivity contribution < 1.29 is 4.74 Å². The Balaban J connectivity index is 1.76. The van der Waals surface area contributed by atoms with Gasteiger partial charge in [0.2, 0.25) is 0 Å². The Kier molecular flexibility index (Phi) is 4.97. The third kappa shape index (κ3) is 3.54. The minimum absolute atomic E-state index is 0.180. The molecule has 130 valence electrons. The number of benzene rings is 2. The molecule has 3 aromatic rings. The number of nitrogens with one attached hydrogen (secondary N) is 1. The summed E-state index contributed by atoms with van der Waals surface area (Å²) in [5.74, 6) is 0.932. The summed E-state index contributed by atoms with van der Waals surface area (Å²) in [5.41, 5.74) is 2.34. The lowest BCUT2D eigenvalue weighted by molar-refractivity contribution is 0.198. The highest BCUT2D eigenvalue weighted by Crippen LogP contribution is 2.35. The number of piperazine rings is 1. The Hall–Kier alpha value is -1.95. The molecule has 0 bridgehead atoms. The molecule has 0 aliphatic carbocycles. The SMILES string of the molecule is CCOc1cccc(C(c2nc3ccccc3s2)N2CCNCC2)c1. The molecule has 1 fully saturated rings. The second-order valence-electron chi connectivity index (χ2n) is 6.21. The summed E-state index contributed by atoms with van der Waals surface area (Å²) in [6.45, 7) is 6.80. The maximum Gasteiger partial charge on any atom is 0.119 e. The van der Waals surface area contributed by atoms with E-state index in [0.29, 0.717) is 6.61 Å². The molecule has 1 aliphatic rings. The molecule has 4 nitrogen and oxygen atoms in total. The zero-order chi connectivity index (χ0) is 17.1. The molecule has 1 aliphatic heterocycles. The van der Waals surface area contributed by atoms with Crippen LogP contribution in [-0.4, -0.2) is 42.7 Å². The van der Waals surface area contributed by atoms with Crippen LogP contribution in [0.5, 0.6) is 5.75 Å². The number of rotatable bonds is 5. The van der Waals surface area contributed by atoms with Crippen molar-refractivity contribution in [1.29, 1.82) is 0 Å². The Morgan fingerprint density at radius 1 is 1.16 bits per heavy atom. The zero-order valence-corrected chi connectivity index (χ0v) is 15.3. The van der Waals surface area contributed by atoms with Gasteiger partial charge in [0.05, 0.1) is 22.9 Å². The number of nitrogens with zero attached hydrogens (tertiary/aromatic N) is 2. The molecule has 1 atom stereocenters. The van der Waals surface area contributed by atoms with Crippen LogP contribution in [0.1, 0.15) is 23.5 Å². The third-order valence-corrected chi connectivity index (χ3v) is 5.63. The monoisotopic (exact) mass is 353 g/mol. The van der Waals surface area contributed by atoms with Gasteiger partial charge in [0.15, 0.2) is 0 Å². The van der Waals surface area contributed by atoms with Crippen LogP contribution in [0.3, 0.4) is 0 Å². The van der Waals surface area contributed by atoms with Gasteiger partial charge in [-0.15, -0.1) is 11.3 Å². The first-order valence-electron chi connectivity index (χ1n) is 8.88. The Morgan fingerprint density at radius 2 is 2.00 bits per heavy atom. The second kappa shape index (κ2) is 7.52. The summed E-state index contributed by atoms with van der Waals surface area (Å²) in [6.07, 6.45) is 0. The van der Waals surface area contributed by atoms with Gasteiger partial charge < -0.3 is 10.1 Å². The molecule has 2 heterocycles. The molecule has 4 rings (SSSR count). The molecular weight excluding hydrogens is 330 g/mol. The van der Waals surface area contributed by atoms with Crippen LogP contribution < -0.4 is 10.1 Å². The van der Waals surface area contributed by atoms with Crippen molar-refractivity contribution in [1.82, 2.24) is 15.2 Å². The quantitative estimate of drug-likeness (QED) is 0.759. The average Bonchev–Trinajstić information content (AvgIpc) is 3.07. The van der Waals surface area contributed by atoms with Crippen molar-refractivity contribution in [2.24, 2.45) is 0 Å². The van der Waals surface area contributed by atoms with Gasteiger partial charge in [0.25, 0.3) is 0 Å². The topological polar surface area (TPSA) is 37.4 Å². The van der Waals surface area contributed by atoms with Crippen molar-refractivity contribution in [3.8, 4) is 5.75 Å². The van der Waals surface area contributed by atoms with E-state index in [1.165, 1.54) is 10.3 Å². The molecule has 2 aromatic carbocycles. The number of thiazole rings is 1. The van der Waals surface area contributed by atoms with Gasteiger partial charge in [-0.25, -0.2) is 4.98 Å². The van der Waals surface area contributed by atoms with Crippen LogP contribution in [0.25, 0.3) is 10.2 Å². The highest BCUT2D eigenvalue weighted by Gasteiger charge is 2.27. The number of para-hydroxylation sites is 1. The first-order chi connectivity index (χ1) is 12.3. The summed E-state index contributed by atoms with van der Waals surface area (Å²) in [5, 5.41) is 4.61. The number of ether oxygens (including phenoxy) is 1. The number of aromatic nitrogens is 1. The van der Waals surface area contributed by atoms with E-state index in [4.69, 9.17) is 9.72 Å². The minimum Gasteiger partial charge on any atom is -0.494 e. The van der Waals surface area contributed by atoms with Crippen molar-refractivity contribution >= 4 is 21.6 Å². The van der Waals surface area contributed by atoms with E-state index in [1.54, 1.807) is 11.3 Å². The van der Waals surface area contributed by atoms with Crippen molar-refractivity contribution in [3.05, 3.63) is 59.1 Å². The van der Waals surface area contributed by atoms with Gasteiger partial charge in [-0.1, -0.05) is 24.3 Å². The smallest absolute Gasteiger partial charge is 0.119 e. The predicted octanol–water partition coefficient (Wildman–Crippen LogP) is 3.69. The fourth-order valence-electron chi connectivity index (χ4n) is 3.40. The lowest BCUT2D eigenvalue weighted by atomic mass is 10.0. The molecular formula is C20H23N3OS. The molecule has 0 amide bonds. The van der Waals surface area contributed by atoms with E-state index >= 15 is 0 Å². The average molecular weight is 353 g/mol. The van der Waals surface area contributed by atoms with E-state index in [2.05, 4.69) is 52.7 Å². The molecule has 1 saturated heterocycles. The summed E-state index contributed by atoms with van der Waals surface area (Å²) >= 11 is 1.80. The summed E-state index contributed by atoms with van der Waals surface area (Å²) in [7, 11) is 0. The van der Waals surface area contributed by atoms with Gasteiger partial charge >= 0.3 is 0 Å². The van der Waals surface area contributed by atoms with Crippen LogP contribution in [0.2, 0.25) is 0 Å². The third-order valence-electron chi connectivity index (χ3n) is 4.55. The Bertz CT molecular complexity index is 809. The van der Waals surface area contributed by atoms with Gasteiger partial charge in [0.1, 0.15) is 10.8 Å². The molecule has 1 unspecified atom stereocenters. The van der Waals surface area contributed by atoms with Gasteiger partial charge in [-0.3, -0.25) is 4.90 Å². The largest absolute Gasteiger partial charge is 0.494 e. The molecule has 0 radical (unpaired) electrons. The standard InChI is InChI=1S/C20H23N3OS/c1-2-24-16-7-5-6-15(14-16)19(23-12-10-21-11-13-23)20-22-17-8-3-4-9-18(17)25-20/h3-9,14,19,21H,2,10-13H2,1H3. The molecule has 0 saturated carbocycles. The number of fused-ring (bicyclic) bond motifs is 1. The van der Waals surface area contributed by atoms with Crippen molar-refractivity contribution in [2.45, 2.75) is 13.0 Å². The zero-order valence-electron chi connectivity index (χ0n) is 14.4. The van der Waals surface area contributed by atoms with Crippen LogP contribution >= 0.6 is 11.3 Å². The maximum atomic E-state index is 5.73. The normalized spacial score (nSPS) is 16.8. The fourth-order valence-corrected chi connectivity index (χ4v) is 4.53. The van der Waals surface area contributed by atoms with E-state index in [0.717, 1.165) is 42.5 Å². The molecule has 0 spiro atoms. The first kappa shape index (κ1) is 16.5. The van der Waals surface area contributed by atoms with Gasteiger partial charge in [-0.05, 0) is 36.8 Å². The molecule has 25 heavy (non-hydrogen) atoms. The minimum atomic E-state index is 0.180. The summed E-state index contributed by atoms with van der Waals surface area (Å²) < 4.78 is 6.98. The number of hydrogen-bond donors (Lipinski definition) is 1. The van der Waals surface area contributed by atoms with Crippen molar-refractivity contribution in [2.75, 3.05) is 32.8 Å². The second-order valence-corrected chi connectivity index (χ2v) is 7.28. The van der Waals surface area contributed by atoms with Crippen LogP contribution in [-0.2, 0) is 0 Å². The predicted molar refractivity (Wildman–Crippen MR) is 104 cm³/mol. The van der Waals surface area contributed by atoms with Crippen LogP contribution in [0.15, 0.2) is 48.5 Å². The summed E-state index contributed by atoms with van der Waals surface area (Å²) in [4.78, 5) is 7.48. The van der Waals surface area contributed by atoms with E-state index in [1.807, 2.05) is 13.0 Å². The van der Waals surface area contributed by atoms with Crippen LogP contribution in [0, 0.1) is 0 Å². The fraction of sp³-hybridized carbons (Fsp3) is 0.350. The Labute approximate surface area is 152 Å². The van der Waals surface area contributed by atoms with E-state index < -0.39 is 0 Å². The molecule has 1 aromatic heterocycles. The lowest BCUT2D eigenvalue weighted by Gasteiger charge is -2.34. The summed E-state index contributed by atoms with van der Waals surface area (Å²) in [6, 6.07) is 17.1. The van der Waals surface area contributed by atoms with Crippen molar-refractivity contribution in [3.63, 3.8) is 0 Å². The maximum absolute atomic E-state index is 5.73. The van der Waals surface area contributed by atoms with Gasteiger partial charge in [0, 0.05) is 26.2 Å². The highest BCUT2D eigenvalue weighted by molar-refractivity contribution is 7.18. The van der Waals surface area contributed by atoms with Crippen LogP contribution in [0.4, 0.5) is 0 Å². The molecule has 5 heteroatoms. The molecule has 1 N–H and O–H groups in total. The van der Waals surface area contributed by atoms with E-state index in [-0.39, 0.29) is 6.04 Å². The lowest BCUT2D eigenvalue weighted by Crippen LogP contribution is -2.45. The van der Waals surface area contributed by atoms with Gasteiger partial charge in [-0.2, -0.15) is 0 Å². The highest BCUT2D eigenvalue weighted by atomic mass is 32.1.